The number of carbonyl (C=O) groups excluding carboxylic acids is 1. The van der Waals surface area contributed by atoms with E-state index in [4.69, 9.17) is 4.84 Å². The molecule has 162 valence electrons. The molecule has 3 aliphatic heterocycles. The van der Waals surface area contributed by atoms with Gasteiger partial charge in [0.15, 0.2) is 12.5 Å². The number of H-pyrrole nitrogens is 1. The standard InChI is InChI=1S/C23H20FN5O3/c24-13-5-6-17-15(7-13)19(22(31)27-17)21-20(14-3-1-2-4-16(14)26-21)28-32-8-18(30)29-11-23(12-29)9-25-10-23/h1-7,25,27,31H,8-12H2. The Kier molecular flexibility index (Phi) is 4.09. The first-order valence-electron chi connectivity index (χ1n) is 10.4. The van der Waals surface area contributed by atoms with Gasteiger partial charge in [-0.2, -0.15) is 0 Å². The van der Waals surface area contributed by atoms with E-state index in [0.717, 1.165) is 26.2 Å². The number of aromatic amines is 1. The quantitative estimate of drug-likeness (QED) is 0.550. The molecule has 4 heterocycles. The molecule has 3 N–H and O–H groups in total. The molecule has 32 heavy (non-hydrogen) atoms. The lowest BCUT2D eigenvalue weighted by molar-refractivity contribution is -0.151. The smallest absolute Gasteiger partial charge is 0.263 e. The van der Waals surface area contributed by atoms with Crippen molar-refractivity contribution in [3.05, 3.63) is 59.4 Å². The van der Waals surface area contributed by atoms with Crippen LogP contribution in [-0.2, 0) is 9.63 Å². The number of hydrogen-bond donors (Lipinski definition) is 3. The number of rotatable bonds is 4. The van der Waals surface area contributed by atoms with Crippen molar-refractivity contribution in [3.8, 4) is 5.88 Å². The highest BCUT2D eigenvalue weighted by Gasteiger charge is 2.49. The summed E-state index contributed by atoms with van der Waals surface area (Å²) in [5.41, 5.74) is 3.27. The fraction of sp³-hybridized carbons (Fsp3) is 0.261. The fourth-order valence-electron chi connectivity index (χ4n) is 4.61. The van der Waals surface area contributed by atoms with Crippen molar-refractivity contribution >= 4 is 33.9 Å². The third kappa shape index (κ3) is 2.89. The molecule has 9 heteroatoms. The van der Waals surface area contributed by atoms with Crippen LogP contribution in [0.15, 0.2) is 52.6 Å². The lowest BCUT2D eigenvalue weighted by atomic mass is 9.74. The average Bonchev–Trinajstić information content (AvgIpc) is 3.22. The molecule has 3 aromatic rings. The van der Waals surface area contributed by atoms with Gasteiger partial charge in [-0.05, 0) is 24.3 Å². The zero-order valence-corrected chi connectivity index (χ0v) is 17.1. The predicted octanol–water partition coefficient (Wildman–Crippen LogP) is 2.30. The van der Waals surface area contributed by atoms with Gasteiger partial charge in [0.25, 0.3) is 5.91 Å². The molecule has 0 unspecified atom stereocenters. The third-order valence-electron chi connectivity index (χ3n) is 6.34. The molecule has 2 fully saturated rings. The molecule has 0 radical (unpaired) electrons. The number of nitrogens with one attached hydrogen (secondary N) is 2. The van der Waals surface area contributed by atoms with E-state index in [-0.39, 0.29) is 23.8 Å². The Morgan fingerprint density at radius 2 is 2.06 bits per heavy atom. The summed E-state index contributed by atoms with van der Waals surface area (Å²) in [7, 11) is 0. The fourth-order valence-corrected chi connectivity index (χ4v) is 4.61. The maximum Gasteiger partial charge on any atom is 0.263 e. The van der Waals surface area contributed by atoms with Crippen LogP contribution in [0.5, 0.6) is 5.88 Å². The summed E-state index contributed by atoms with van der Waals surface area (Å²) >= 11 is 0. The monoisotopic (exact) mass is 433 g/mol. The number of oxime groups is 1. The molecule has 2 aromatic carbocycles. The van der Waals surface area contributed by atoms with Crippen molar-refractivity contribution in [3.63, 3.8) is 0 Å². The van der Waals surface area contributed by atoms with Crippen LogP contribution in [0.2, 0.25) is 0 Å². The second-order valence-electron chi connectivity index (χ2n) is 8.58. The van der Waals surface area contributed by atoms with Crippen molar-refractivity contribution in [2.24, 2.45) is 15.6 Å². The topological polar surface area (TPSA) is 102 Å². The highest BCUT2D eigenvalue weighted by molar-refractivity contribution is 6.58. The molecule has 0 bridgehead atoms. The molecule has 6 rings (SSSR count). The highest BCUT2D eigenvalue weighted by Crippen LogP contribution is 2.36. The average molecular weight is 433 g/mol. The van der Waals surface area contributed by atoms with Gasteiger partial charge in [-0.15, -0.1) is 0 Å². The number of likely N-dealkylation sites (tertiary alicyclic amines) is 1. The third-order valence-corrected chi connectivity index (χ3v) is 6.34. The van der Waals surface area contributed by atoms with E-state index in [1.807, 2.05) is 24.3 Å². The van der Waals surface area contributed by atoms with Crippen molar-refractivity contribution in [2.75, 3.05) is 32.8 Å². The lowest BCUT2D eigenvalue weighted by Gasteiger charge is -2.55. The Morgan fingerprint density at radius 3 is 2.84 bits per heavy atom. The van der Waals surface area contributed by atoms with Crippen LogP contribution in [0, 0.1) is 11.2 Å². The summed E-state index contributed by atoms with van der Waals surface area (Å²) in [6, 6.07) is 11.6. The second-order valence-corrected chi connectivity index (χ2v) is 8.58. The molecule has 2 saturated heterocycles. The minimum atomic E-state index is -0.428. The van der Waals surface area contributed by atoms with Gasteiger partial charge < -0.3 is 25.1 Å². The number of aromatic hydroxyl groups is 1. The number of para-hydroxylation sites is 1. The molecule has 0 atom stereocenters. The number of hydrogen-bond acceptors (Lipinski definition) is 6. The first-order valence-corrected chi connectivity index (χ1v) is 10.4. The molecule has 3 aliphatic rings. The Balaban J connectivity index is 1.29. The number of aliphatic imine (C=N–C) groups is 1. The highest BCUT2D eigenvalue weighted by atomic mass is 19.1. The number of fused-ring (bicyclic) bond motifs is 2. The van der Waals surface area contributed by atoms with Crippen molar-refractivity contribution in [1.82, 2.24) is 15.2 Å². The number of carbonyl (C=O) groups is 1. The van der Waals surface area contributed by atoms with E-state index in [1.165, 1.54) is 12.1 Å². The van der Waals surface area contributed by atoms with Crippen LogP contribution < -0.4 is 5.32 Å². The van der Waals surface area contributed by atoms with Gasteiger partial charge in [0.1, 0.15) is 17.2 Å². The lowest BCUT2D eigenvalue weighted by Crippen LogP contribution is -2.72. The number of benzene rings is 2. The van der Waals surface area contributed by atoms with Crippen molar-refractivity contribution in [2.45, 2.75) is 0 Å². The normalized spacial score (nSPS) is 19.6. The maximum absolute atomic E-state index is 13.9. The summed E-state index contributed by atoms with van der Waals surface area (Å²) in [5, 5.41) is 18.5. The SMILES string of the molecule is O=C(CON=C1C(c2c(O)[nH]c3ccc(F)cc23)=Nc2ccccc21)N1CC2(CNC2)C1. The Hall–Kier alpha value is -3.72. The molecule has 0 saturated carbocycles. The summed E-state index contributed by atoms with van der Waals surface area (Å²) in [5.74, 6) is -0.683. The summed E-state index contributed by atoms with van der Waals surface area (Å²) < 4.78 is 13.9. The number of aromatic nitrogens is 1. The van der Waals surface area contributed by atoms with E-state index in [0.29, 0.717) is 39.1 Å². The largest absolute Gasteiger partial charge is 0.494 e. The number of nitrogens with zero attached hydrogens (tertiary/aromatic N) is 3. The maximum atomic E-state index is 13.9. The van der Waals surface area contributed by atoms with E-state index >= 15 is 0 Å². The summed E-state index contributed by atoms with van der Waals surface area (Å²) in [6.07, 6.45) is 0. The summed E-state index contributed by atoms with van der Waals surface area (Å²) in [6.45, 7) is 3.19. The molecular weight excluding hydrogens is 413 g/mol. The number of amides is 1. The minimum Gasteiger partial charge on any atom is -0.494 e. The predicted molar refractivity (Wildman–Crippen MR) is 117 cm³/mol. The van der Waals surface area contributed by atoms with Crippen LogP contribution in [0.1, 0.15) is 11.1 Å². The zero-order chi connectivity index (χ0) is 21.9. The van der Waals surface area contributed by atoms with E-state index < -0.39 is 5.82 Å². The van der Waals surface area contributed by atoms with Gasteiger partial charge >= 0.3 is 0 Å². The first kappa shape index (κ1) is 19.0. The van der Waals surface area contributed by atoms with E-state index in [9.17, 15) is 14.3 Å². The van der Waals surface area contributed by atoms with Gasteiger partial charge in [0.2, 0.25) is 0 Å². The first-order chi connectivity index (χ1) is 15.5. The van der Waals surface area contributed by atoms with Gasteiger partial charge in [-0.3, -0.25) is 4.79 Å². The van der Waals surface area contributed by atoms with Crippen molar-refractivity contribution < 1.29 is 19.1 Å². The molecule has 1 spiro atoms. The van der Waals surface area contributed by atoms with Gasteiger partial charge in [0.05, 0.1) is 11.3 Å². The molecule has 1 amide bonds. The molecule has 1 aromatic heterocycles. The van der Waals surface area contributed by atoms with E-state index in [1.54, 1.807) is 11.0 Å². The van der Waals surface area contributed by atoms with Crippen LogP contribution in [0.3, 0.4) is 0 Å². The van der Waals surface area contributed by atoms with Gasteiger partial charge in [-0.25, -0.2) is 9.38 Å². The van der Waals surface area contributed by atoms with E-state index in [2.05, 4.69) is 20.4 Å². The van der Waals surface area contributed by atoms with Crippen molar-refractivity contribution in [1.29, 1.82) is 0 Å². The number of halogens is 1. The summed E-state index contributed by atoms with van der Waals surface area (Å²) in [4.78, 5) is 27.1. The van der Waals surface area contributed by atoms with Crippen LogP contribution >= 0.6 is 0 Å². The molecule has 0 aliphatic carbocycles. The second kappa shape index (κ2) is 6.89. The Morgan fingerprint density at radius 1 is 1.25 bits per heavy atom. The zero-order valence-electron chi connectivity index (χ0n) is 17.1. The van der Waals surface area contributed by atoms with Gasteiger partial charge in [0, 0.05) is 48.1 Å². The molecule has 8 nitrogen and oxygen atoms in total. The Labute approximate surface area is 182 Å². The van der Waals surface area contributed by atoms with Gasteiger partial charge in [-0.1, -0.05) is 23.4 Å². The van der Waals surface area contributed by atoms with Crippen LogP contribution in [0.4, 0.5) is 10.1 Å². The Bertz CT molecular complexity index is 1320. The molecular formula is C23H20FN5O3. The van der Waals surface area contributed by atoms with Crippen LogP contribution in [0.25, 0.3) is 10.9 Å². The van der Waals surface area contributed by atoms with Crippen LogP contribution in [-0.4, -0.2) is 65.1 Å². The minimum absolute atomic E-state index is 0.117.